The number of nitrogens with one attached hydrogen (secondary N) is 2. The molecule has 2 N–H and O–H groups in total. The SMILES string of the molecule is CCc1nc2ccc(NC(=O)c3c(C)cc(C4CCCNC4)oc3=O)cc2s1. The van der Waals surface area contributed by atoms with Crippen LogP contribution in [0.5, 0.6) is 0 Å². The second kappa shape index (κ2) is 7.85. The summed E-state index contributed by atoms with van der Waals surface area (Å²) >= 11 is 1.61. The van der Waals surface area contributed by atoms with E-state index >= 15 is 0 Å². The average Bonchev–Trinajstić information content (AvgIpc) is 3.10. The number of hydrogen-bond donors (Lipinski definition) is 2. The second-order valence-corrected chi connectivity index (χ2v) is 8.25. The van der Waals surface area contributed by atoms with E-state index in [1.54, 1.807) is 24.3 Å². The number of amides is 1. The van der Waals surface area contributed by atoms with Crippen molar-refractivity contribution in [1.29, 1.82) is 0 Å². The molecule has 1 unspecified atom stereocenters. The highest BCUT2D eigenvalue weighted by Gasteiger charge is 2.22. The summed E-state index contributed by atoms with van der Waals surface area (Å²) in [7, 11) is 0. The smallest absolute Gasteiger partial charge is 0.349 e. The summed E-state index contributed by atoms with van der Waals surface area (Å²) in [6.45, 7) is 5.63. The van der Waals surface area contributed by atoms with Crippen LogP contribution in [0.3, 0.4) is 0 Å². The lowest BCUT2D eigenvalue weighted by molar-refractivity contribution is 0.102. The minimum Gasteiger partial charge on any atom is -0.427 e. The first kappa shape index (κ1) is 18.8. The Balaban J connectivity index is 1.58. The van der Waals surface area contributed by atoms with Gasteiger partial charge in [-0.1, -0.05) is 6.92 Å². The average molecular weight is 398 g/mol. The van der Waals surface area contributed by atoms with E-state index in [4.69, 9.17) is 4.42 Å². The van der Waals surface area contributed by atoms with Gasteiger partial charge in [-0.25, -0.2) is 9.78 Å². The number of hydrogen-bond acceptors (Lipinski definition) is 6. The molecule has 3 heterocycles. The van der Waals surface area contributed by atoms with Gasteiger partial charge < -0.3 is 15.1 Å². The van der Waals surface area contributed by atoms with Crippen LogP contribution in [0.4, 0.5) is 5.69 Å². The largest absolute Gasteiger partial charge is 0.427 e. The molecule has 1 saturated heterocycles. The number of aromatic nitrogens is 1. The predicted octanol–water partition coefficient (Wildman–Crippen LogP) is 3.84. The van der Waals surface area contributed by atoms with Crippen molar-refractivity contribution in [2.45, 2.75) is 39.0 Å². The van der Waals surface area contributed by atoms with Crippen LogP contribution in [0.2, 0.25) is 0 Å². The van der Waals surface area contributed by atoms with Gasteiger partial charge in [0.25, 0.3) is 5.91 Å². The number of piperidine rings is 1. The first-order valence-electron chi connectivity index (χ1n) is 9.61. The van der Waals surface area contributed by atoms with E-state index in [0.29, 0.717) is 17.0 Å². The molecule has 1 amide bonds. The standard InChI is InChI=1S/C21H23N3O3S/c1-3-18-24-15-7-6-14(10-17(15)28-18)23-20(25)19-12(2)9-16(27-21(19)26)13-5-4-8-22-11-13/h6-7,9-10,13,22H,3-5,8,11H2,1-2H3,(H,23,25). The molecule has 28 heavy (non-hydrogen) atoms. The fourth-order valence-electron chi connectivity index (χ4n) is 3.60. The normalized spacial score (nSPS) is 17.0. The van der Waals surface area contributed by atoms with Gasteiger partial charge >= 0.3 is 5.63 Å². The number of carbonyl (C=O) groups is 1. The molecule has 0 spiro atoms. The monoisotopic (exact) mass is 397 g/mol. The highest BCUT2D eigenvalue weighted by atomic mass is 32.1. The fourth-order valence-corrected chi connectivity index (χ4v) is 4.54. The third kappa shape index (κ3) is 3.72. The van der Waals surface area contributed by atoms with Gasteiger partial charge in [0, 0.05) is 18.2 Å². The summed E-state index contributed by atoms with van der Waals surface area (Å²) in [5.74, 6) is 0.391. The van der Waals surface area contributed by atoms with Crippen LogP contribution in [-0.4, -0.2) is 24.0 Å². The number of nitrogens with zero attached hydrogens (tertiary/aromatic N) is 1. The van der Waals surface area contributed by atoms with Gasteiger partial charge in [0.05, 0.1) is 15.2 Å². The predicted molar refractivity (Wildman–Crippen MR) is 112 cm³/mol. The number of thiazole rings is 1. The molecule has 6 nitrogen and oxygen atoms in total. The maximum Gasteiger partial charge on any atom is 0.349 e. The van der Waals surface area contributed by atoms with Crippen LogP contribution < -0.4 is 16.3 Å². The molecule has 0 radical (unpaired) electrons. The van der Waals surface area contributed by atoms with Crippen LogP contribution in [0.25, 0.3) is 10.2 Å². The van der Waals surface area contributed by atoms with Crippen molar-refractivity contribution in [3.63, 3.8) is 0 Å². The number of rotatable bonds is 4. The Labute approximate surface area is 167 Å². The molecular formula is C21H23N3O3S. The van der Waals surface area contributed by atoms with E-state index in [1.165, 1.54) is 0 Å². The molecular weight excluding hydrogens is 374 g/mol. The van der Waals surface area contributed by atoms with Gasteiger partial charge in [0.2, 0.25) is 0 Å². The van der Waals surface area contributed by atoms with Crippen LogP contribution >= 0.6 is 11.3 Å². The Morgan fingerprint density at radius 1 is 1.39 bits per heavy atom. The van der Waals surface area contributed by atoms with Crippen molar-refractivity contribution in [1.82, 2.24) is 10.3 Å². The van der Waals surface area contributed by atoms with Crippen molar-refractivity contribution < 1.29 is 9.21 Å². The first-order chi connectivity index (χ1) is 13.5. The van der Waals surface area contributed by atoms with Crippen LogP contribution in [0, 0.1) is 6.92 Å². The van der Waals surface area contributed by atoms with E-state index in [1.807, 2.05) is 18.2 Å². The number of fused-ring (bicyclic) bond motifs is 1. The van der Waals surface area contributed by atoms with Crippen LogP contribution in [-0.2, 0) is 6.42 Å². The zero-order valence-electron chi connectivity index (χ0n) is 16.0. The lowest BCUT2D eigenvalue weighted by Crippen LogP contribution is -2.30. The van der Waals surface area contributed by atoms with Crippen LogP contribution in [0.15, 0.2) is 33.5 Å². The quantitative estimate of drug-likeness (QED) is 0.699. The number of benzene rings is 1. The van der Waals surface area contributed by atoms with Crippen LogP contribution in [0.1, 0.15) is 52.4 Å². The third-order valence-corrected chi connectivity index (χ3v) is 6.25. The van der Waals surface area contributed by atoms with E-state index < -0.39 is 11.5 Å². The van der Waals surface area contributed by atoms with Gasteiger partial charge in [-0.2, -0.15) is 0 Å². The Hall–Kier alpha value is -2.51. The van der Waals surface area contributed by atoms with Gasteiger partial charge in [0.1, 0.15) is 11.3 Å². The summed E-state index contributed by atoms with van der Waals surface area (Å²) < 4.78 is 6.52. The Morgan fingerprint density at radius 3 is 2.96 bits per heavy atom. The Morgan fingerprint density at radius 2 is 2.25 bits per heavy atom. The minimum atomic E-state index is -0.579. The molecule has 146 valence electrons. The van der Waals surface area contributed by atoms with Crippen molar-refractivity contribution in [3.05, 3.63) is 56.6 Å². The fraction of sp³-hybridized carbons (Fsp3) is 0.381. The lowest BCUT2D eigenvalue weighted by atomic mass is 9.95. The molecule has 7 heteroatoms. The topological polar surface area (TPSA) is 84.2 Å². The molecule has 0 aliphatic carbocycles. The van der Waals surface area contributed by atoms with E-state index in [-0.39, 0.29) is 11.5 Å². The molecule has 0 bridgehead atoms. The van der Waals surface area contributed by atoms with E-state index in [9.17, 15) is 9.59 Å². The van der Waals surface area contributed by atoms with Crippen molar-refractivity contribution in [2.75, 3.05) is 18.4 Å². The van der Waals surface area contributed by atoms with E-state index in [2.05, 4.69) is 22.5 Å². The molecule has 3 aromatic rings. The van der Waals surface area contributed by atoms with Crippen molar-refractivity contribution in [2.24, 2.45) is 0 Å². The molecule has 1 atom stereocenters. The molecule has 4 rings (SSSR count). The number of carbonyl (C=O) groups excluding carboxylic acids is 1. The maximum atomic E-state index is 12.7. The lowest BCUT2D eigenvalue weighted by Gasteiger charge is -2.22. The number of aryl methyl sites for hydroxylation is 2. The van der Waals surface area contributed by atoms with Gasteiger partial charge in [0.15, 0.2) is 0 Å². The highest BCUT2D eigenvalue weighted by Crippen LogP contribution is 2.27. The Bertz CT molecular complexity index is 1080. The zero-order chi connectivity index (χ0) is 19.7. The van der Waals surface area contributed by atoms with E-state index in [0.717, 1.165) is 47.6 Å². The van der Waals surface area contributed by atoms with Gasteiger partial charge in [-0.05, 0) is 62.6 Å². The second-order valence-electron chi connectivity index (χ2n) is 7.14. The number of anilines is 1. The molecule has 1 aromatic carbocycles. The van der Waals surface area contributed by atoms with Gasteiger partial charge in [-0.15, -0.1) is 11.3 Å². The van der Waals surface area contributed by atoms with Gasteiger partial charge in [-0.3, -0.25) is 4.79 Å². The minimum absolute atomic E-state index is 0.0613. The Kier molecular flexibility index (Phi) is 5.28. The molecule has 1 aliphatic heterocycles. The highest BCUT2D eigenvalue weighted by molar-refractivity contribution is 7.18. The summed E-state index contributed by atoms with van der Waals surface area (Å²) in [5, 5.41) is 7.20. The molecule has 2 aromatic heterocycles. The first-order valence-corrected chi connectivity index (χ1v) is 10.4. The third-order valence-electron chi connectivity index (χ3n) is 5.09. The maximum absolute atomic E-state index is 12.7. The zero-order valence-corrected chi connectivity index (χ0v) is 16.8. The van der Waals surface area contributed by atoms with Crippen molar-refractivity contribution in [3.8, 4) is 0 Å². The summed E-state index contributed by atoms with van der Waals surface area (Å²) in [5.41, 5.74) is 1.68. The molecule has 0 saturated carbocycles. The summed E-state index contributed by atoms with van der Waals surface area (Å²) in [4.78, 5) is 29.8. The van der Waals surface area contributed by atoms with Crippen molar-refractivity contribution >= 4 is 33.1 Å². The summed E-state index contributed by atoms with van der Waals surface area (Å²) in [6, 6.07) is 7.41. The molecule has 1 fully saturated rings. The summed E-state index contributed by atoms with van der Waals surface area (Å²) in [6.07, 6.45) is 2.91. The molecule has 1 aliphatic rings.